The number of benzene rings is 1. The maximum Gasteiger partial charge on any atom is 0.336 e. The highest BCUT2D eigenvalue weighted by Gasteiger charge is 2.10. The summed E-state index contributed by atoms with van der Waals surface area (Å²) < 4.78 is 0. The van der Waals surface area contributed by atoms with Gasteiger partial charge in [0.2, 0.25) is 0 Å². The van der Waals surface area contributed by atoms with Gasteiger partial charge in [0.25, 0.3) is 0 Å². The Morgan fingerprint density at radius 2 is 2.00 bits per heavy atom. The van der Waals surface area contributed by atoms with Crippen LogP contribution >= 0.6 is 0 Å². The number of carbonyl (C=O) groups is 1. The maximum absolute atomic E-state index is 11.0. The molecule has 0 radical (unpaired) electrons. The van der Waals surface area contributed by atoms with Gasteiger partial charge < -0.3 is 15.5 Å². The lowest BCUT2D eigenvalue weighted by molar-refractivity contribution is 0.0695. The lowest BCUT2D eigenvalue weighted by Gasteiger charge is -2.16. The van der Waals surface area contributed by atoms with Gasteiger partial charge in [-0.2, -0.15) is 0 Å². The van der Waals surface area contributed by atoms with Crippen molar-refractivity contribution >= 4 is 5.97 Å². The van der Waals surface area contributed by atoms with E-state index in [1.165, 1.54) is 0 Å². The fourth-order valence-electron chi connectivity index (χ4n) is 1.76. The van der Waals surface area contributed by atoms with E-state index in [4.69, 9.17) is 5.11 Å². The molecule has 3 N–H and O–H groups in total. The van der Waals surface area contributed by atoms with Gasteiger partial charge in [0, 0.05) is 12.6 Å². The highest BCUT2D eigenvalue weighted by Crippen LogP contribution is 2.09. The van der Waals surface area contributed by atoms with E-state index in [0.717, 1.165) is 5.56 Å². The number of carboxylic acids is 1. The molecule has 1 aromatic rings. The summed E-state index contributed by atoms with van der Waals surface area (Å²) in [6.45, 7) is 4.20. The molecule has 0 aromatic heterocycles. The monoisotopic (exact) mass is 237 g/mol. The summed E-state index contributed by atoms with van der Waals surface area (Å²) in [5.74, 6) is -0.912. The molecule has 2 unspecified atom stereocenters. The molecule has 0 aliphatic carbocycles. The number of aromatic carboxylic acids is 1. The largest absolute Gasteiger partial charge is 0.478 e. The Morgan fingerprint density at radius 3 is 2.59 bits per heavy atom. The van der Waals surface area contributed by atoms with Gasteiger partial charge >= 0.3 is 5.97 Å². The van der Waals surface area contributed by atoms with E-state index >= 15 is 0 Å². The topological polar surface area (TPSA) is 69.6 Å². The number of rotatable bonds is 6. The first-order valence-corrected chi connectivity index (χ1v) is 5.73. The Kier molecular flexibility index (Phi) is 5.12. The molecule has 94 valence electrons. The van der Waals surface area contributed by atoms with Crippen molar-refractivity contribution < 1.29 is 15.0 Å². The second kappa shape index (κ2) is 6.37. The van der Waals surface area contributed by atoms with Gasteiger partial charge in [-0.3, -0.25) is 0 Å². The van der Waals surface area contributed by atoms with Crippen molar-refractivity contribution in [2.45, 2.75) is 39.0 Å². The SMILES string of the molecule is CC(O)CC(C)NCc1ccccc1C(=O)O. The first-order valence-electron chi connectivity index (χ1n) is 5.73. The van der Waals surface area contributed by atoms with Crippen molar-refractivity contribution in [3.05, 3.63) is 35.4 Å². The van der Waals surface area contributed by atoms with Crippen molar-refractivity contribution in [1.82, 2.24) is 5.32 Å². The minimum Gasteiger partial charge on any atom is -0.478 e. The molecule has 0 aliphatic rings. The summed E-state index contributed by atoms with van der Waals surface area (Å²) >= 11 is 0. The smallest absolute Gasteiger partial charge is 0.336 e. The normalized spacial score (nSPS) is 14.3. The molecule has 1 rings (SSSR count). The molecule has 0 amide bonds. The van der Waals surface area contributed by atoms with E-state index < -0.39 is 5.97 Å². The number of hydrogen-bond donors (Lipinski definition) is 3. The van der Waals surface area contributed by atoms with E-state index in [1.54, 1.807) is 25.1 Å². The van der Waals surface area contributed by atoms with Gasteiger partial charge in [0.05, 0.1) is 11.7 Å². The van der Waals surface area contributed by atoms with Crippen LogP contribution in [0.1, 0.15) is 36.2 Å². The first kappa shape index (κ1) is 13.7. The molecule has 0 bridgehead atoms. The van der Waals surface area contributed by atoms with Crippen LogP contribution in [0.25, 0.3) is 0 Å². The lowest BCUT2D eigenvalue weighted by Crippen LogP contribution is -2.29. The first-order chi connectivity index (χ1) is 8.00. The molecule has 2 atom stereocenters. The summed E-state index contributed by atoms with van der Waals surface area (Å²) in [7, 11) is 0. The summed E-state index contributed by atoms with van der Waals surface area (Å²) in [6.07, 6.45) is 0.294. The average molecular weight is 237 g/mol. The molecule has 17 heavy (non-hydrogen) atoms. The van der Waals surface area contributed by atoms with Crippen molar-refractivity contribution in [1.29, 1.82) is 0 Å². The van der Waals surface area contributed by atoms with E-state index in [2.05, 4.69) is 5.32 Å². The summed E-state index contributed by atoms with van der Waals surface area (Å²) in [5, 5.41) is 21.4. The minimum absolute atomic E-state index is 0.150. The second-order valence-electron chi connectivity index (χ2n) is 4.33. The fourth-order valence-corrected chi connectivity index (χ4v) is 1.76. The van der Waals surface area contributed by atoms with Gasteiger partial charge in [-0.25, -0.2) is 4.79 Å². The van der Waals surface area contributed by atoms with Crippen molar-refractivity contribution in [3.8, 4) is 0 Å². The zero-order valence-electron chi connectivity index (χ0n) is 10.2. The van der Waals surface area contributed by atoms with Crippen LogP contribution in [0.5, 0.6) is 0 Å². The molecular weight excluding hydrogens is 218 g/mol. The third-order valence-corrected chi connectivity index (χ3v) is 2.58. The predicted molar refractivity (Wildman–Crippen MR) is 66.0 cm³/mol. The van der Waals surface area contributed by atoms with Crippen molar-refractivity contribution in [2.24, 2.45) is 0 Å². The summed E-state index contributed by atoms with van der Waals surface area (Å²) in [5.41, 5.74) is 1.08. The Balaban J connectivity index is 2.60. The molecule has 4 nitrogen and oxygen atoms in total. The number of aliphatic hydroxyl groups is 1. The third kappa shape index (κ3) is 4.54. The van der Waals surface area contributed by atoms with Crippen LogP contribution in [0.3, 0.4) is 0 Å². The van der Waals surface area contributed by atoms with Crippen LogP contribution in [0.2, 0.25) is 0 Å². The van der Waals surface area contributed by atoms with E-state index in [-0.39, 0.29) is 12.1 Å². The van der Waals surface area contributed by atoms with E-state index in [1.807, 2.05) is 13.0 Å². The zero-order chi connectivity index (χ0) is 12.8. The number of nitrogens with one attached hydrogen (secondary N) is 1. The Hall–Kier alpha value is -1.39. The predicted octanol–water partition coefficient (Wildman–Crippen LogP) is 1.63. The van der Waals surface area contributed by atoms with Gasteiger partial charge in [0.1, 0.15) is 0 Å². The highest BCUT2D eigenvalue weighted by molar-refractivity contribution is 5.89. The highest BCUT2D eigenvalue weighted by atomic mass is 16.4. The van der Waals surface area contributed by atoms with Gasteiger partial charge in [-0.15, -0.1) is 0 Å². The van der Waals surface area contributed by atoms with Gasteiger partial charge in [0.15, 0.2) is 0 Å². The fraction of sp³-hybridized carbons (Fsp3) is 0.462. The lowest BCUT2D eigenvalue weighted by atomic mass is 10.1. The van der Waals surface area contributed by atoms with Gasteiger partial charge in [-0.1, -0.05) is 18.2 Å². The molecule has 4 heteroatoms. The number of aliphatic hydroxyl groups excluding tert-OH is 1. The van der Waals surface area contributed by atoms with Crippen molar-refractivity contribution in [2.75, 3.05) is 0 Å². The Labute approximate surface area is 101 Å². The molecule has 0 heterocycles. The number of hydrogen-bond acceptors (Lipinski definition) is 3. The molecule has 0 saturated carbocycles. The third-order valence-electron chi connectivity index (χ3n) is 2.58. The molecular formula is C13H19NO3. The van der Waals surface area contributed by atoms with Crippen LogP contribution in [0, 0.1) is 0 Å². The molecule has 0 spiro atoms. The number of carboxylic acid groups (broad SMARTS) is 1. The van der Waals surface area contributed by atoms with Crippen LogP contribution in [-0.4, -0.2) is 28.3 Å². The van der Waals surface area contributed by atoms with Crippen LogP contribution < -0.4 is 5.32 Å². The minimum atomic E-state index is -0.912. The average Bonchev–Trinajstić information content (AvgIpc) is 2.25. The molecule has 1 aromatic carbocycles. The van der Waals surface area contributed by atoms with Crippen LogP contribution in [0.15, 0.2) is 24.3 Å². The molecule has 0 saturated heterocycles. The van der Waals surface area contributed by atoms with E-state index in [9.17, 15) is 9.90 Å². The zero-order valence-corrected chi connectivity index (χ0v) is 10.2. The Bertz CT molecular complexity index is 377. The van der Waals surface area contributed by atoms with Gasteiger partial charge in [-0.05, 0) is 31.9 Å². The molecule has 0 fully saturated rings. The maximum atomic E-state index is 11.0. The Morgan fingerprint density at radius 1 is 1.35 bits per heavy atom. The molecule has 0 aliphatic heterocycles. The summed E-state index contributed by atoms with van der Waals surface area (Å²) in [4.78, 5) is 11.0. The quantitative estimate of drug-likeness (QED) is 0.703. The van der Waals surface area contributed by atoms with E-state index in [0.29, 0.717) is 18.5 Å². The van der Waals surface area contributed by atoms with Crippen LogP contribution in [-0.2, 0) is 6.54 Å². The van der Waals surface area contributed by atoms with Crippen LogP contribution in [0.4, 0.5) is 0 Å². The van der Waals surface area contributed by atoms with Crippen molar-refractivity contribution in [3.63, 3.8) is 0 Å². The summed E-state index contributed by atoms with van der Waals surface area (Å²) in [6, 6.07) is 7.08. The second-order valence-corrected chi connectivity index (χ2v) is 4.33. The standard InChI is InChI=1S/C13H19NO3/c1-9(7-10(2)15)14-8-11-5-3-4-6-12(11)13(16)17/h3-6,9-10,14-15H,7-8H2,1-2H3,(H,16,17).